The monoisotopic (exact) mass is 332 g/mol. The lowest BCUT2D eigenvalue weighted by Gasteiger charge is -2.06. The maximum atomic E-state index is 12.0. The highest BCUT2D eigenvalue weighted by Crippen LogP contribution is 2.21. The van der Waals surface area contributed by atoms with Crippen LogP contribution in [0.2, 0.25) is 5.02 Å². The molecule has 1 aromatic carbocycles. The van der Waals surface area contributed by atoms with Crippen LogP contribution in [0, 0.1) is 6.92 Å². The molecule has 0 unspecified atom stereocenters. The van der Waals surface area contributed by atoms with Crippen molar-refractivity contribution in [3.8, 4) is 0 Å². The summed E-state index contributed by atoms with van der Waals surface area (Å²) in [6.07, 6.45) is 1.55. The fourth-order valence-electron chi connectivity index (χ4n) is 1.95. The minimum absolute atomic E-state index is 0.0780. The van der Waals surface area contributed by atoms with Crippen molar-refractivity contribution in [1.29, 1.82) is 0 Å². The number of carbonyl (C=O) groups is 1. The Labute approximate surface area is 136 Å². The van der Waals surface area contributed by atoms with Crippen LogP contribution in [0.15, 0.2) is 41.7 Å². The number of para-hydroxylation sites is 1. The lowest BCUT2D eigenvalue weighted by Crippen LogP contribution is -2.14. The van der Waals surface area contributed by atoms with Gasteiger partial charge in [-0.3, -0.25) is 4.79 Å². The molecule has 3 rings (SSSR count). The molecule has 0 aliphatic rings. The molecule has 0 radical (unpaired) electrons. The van der Waals surface area contributed by atoms with Gasteiger partial charge in [0, 0.05) is 11.9 Å². The molecule has 2 N–H and O–H groups in total. The average Bonchev–Trinajstić information content (AvgIpc) is 2.89. The number of fused-ring (bicyclic) bond motifs is 1. The molecule has 112 valence electrons. The predicted molar refractivity (Wildman–Crippen MR) is 89.4 cm³/mol. The second-order valence-electron chi connectivity index (χ2n) is 4.72. The Bertz CT molecular complexity index is 833. The van der Waals surface area contributed by atoms with Gasteiger partial charge >= 0.3 is 0 Å². The van der Waals surface area contributed by atoms with E-state index in [-0.39, 0.29) is 11.7 Å². The van der Waals surface area contributed by atoms with Crippen LogP contribution >= 0.6 is 23.4 Å². The predicted octanol–water partition coefficient (Wildman–Crippen LogP) is 3.65. The number of aromatic amines is 1. The number of benzene rings is 1. The fraction of sp³-hybridized carbons (Fsp3) is 0.133. The molecule has 0 saturated heterocycles. The second kappa shape index (κ2) is 6.37. The Morgan fingerprint density at radius 2 is 2.23 bits per heavy atom. The molecule has 2 aromatic heterocycles. The van der Waals surface area contributed by atoms with E-state index >= 15 is 0 Å². The van der Waals surface area contributed by atoms with E-state index < -0.39 is 0 Å². The summed E-state index contributed by atoms with van der Waals surface area (Å²) in [7, 11) is 0. The summed E-state index contributed by atoms with van der Waals surface area (Å²) in [4.78, 5) is 23.5. The Morgan fingerprint density at radius 3 is 3.05 bits per heavy atom. The molecular formula is C15H13ClN4OS. The van der Waals surface area contributed by atoms with Crippen molar-refractivity contribution in [1.82, 2.24) is 15.0 Å². The molecule has 0 fully saturated rings. The Kier molecular flexibility index (Phi) is 4.31. The minimum Gasteiger partial charge on any atom is -0.331 e. The number of thioether (sulfide) groups is 1. The molecule has 22 heavy (non-hydrogen) atoms. The van der Waals surface area contributed by atoms with E-state index in [0.717, 1.165) is 16.8 Å². The van der Waals surface area contributed by atoms with Gasteiger partial charge < -0.3 is 10.3 Å². The molecule has 0 bridgehead atoms. The standard InChI is InChI=1S/C15H13ClN4OS/c1-9-4-2-3-5-11(9)18-13(21)8-22-15-19-12-6-10(16)7-17-14(12)20-15/h2-7H,8H2,1H3,(H,18,21)(H,17,19,20). The van der Waals surface area contributed by atoms with Gasteiger partial charge in [0.1, 0.15) is 0 Å². The molecule has 0 aliphatic carbocycles. The number of nitrogens with zero attached hydrogens (tertiary/aromatic N) is 2. The Morgan fingerprint density at radius 1 is 1.41 bits per heavy atom. The highest BCUT2D eigenvalue weighted by Gasteiger charge is 2.09. The Balaban J connectivity index is 1.63. The molecule has 2 heterocycles. The number of nitrogens with one attached hydrogen (secondary N) is 2. The van der Waals surface area contributed by atoms with Crippen LogP contribution in [0.4, 0.5) is 5.69 Å². The van der Waals surface area contributed by atoms with E-state index in [9.17, 15) is 4.79 Å². The highest BCUT2D eigenvalue weighted by molar-refractivity contribution is 7.99. The van der Waals surface area contributed by atoms with Crippen LogP contribution in [0.25, 0.3) is 11.2 Å². The summed E-state index contributed by atoms with van der Waals surface area (Å²) in [5, 5.41) is 4.07. The third-order valence-electron chi connectivity index (χ3n) is 3.04. The molecule has 7 heteroatoms. The van der Waals surface area contributed by atoms with Gasteiger partial charge in [0.25, 0.3) is 0 Å². The SMILES string of the molecule is Cc1ccccc1NC(=O)CSc1nc2ncc(Cl)cc2[nH]1. The van der Waals surface area contributed by atoms with Gasteiger partial charge in [-0.05, 0) is 24.6 Å². The first-order valence-corrected chi connectivity index (χ1v) is 7.98. The molecule has 0 atom stereocenters. The fourth-order valence-corrected chi connectivity index (χ4v) is 2.79. The molecule has 5 nitrogen and oxygen atoms in total. The van der Waals surface area contributed by atoms with E-state index in [0.29, 0.717) is 15.8 Å². The molecule has 3 aromatic rings. The molecule has 0 saturated carbocycles. The van der Waals surface area contributed by atoms with Gasteiger partial charge in [0.15, 0.2) is 10.8 Å². The van der Waals surface area contributed by atoms with Gasteiger partial charge in [-0.15, -0.1) is 0 Å². The summed E-state index contributed by atoms with van der Waals surface area (Å²) in [6, 6.07) is 9.42. The summed E-state index contributed by atoms with van der Waals surface area (Å²) in [5.74, 6) is 0.188. The molecule has 0 spiro atoms. The number of amides is 1. The number of carbonyl (C=O) groups excluding carboxylic acids is 1. The summed E-state index contributed by atoms with van der Waals surface area (Å²) >= 11 is 7.20. The third kappa shape index (κ3) is 3.40. The summed E-state index contributed by atoms with van der Waals surface area (Å²) in [6.45, 7) is 1.96. The van der Waals surface area contributed by atoms with Crippen molar-refractivity contribution in [2.24, 2.45) is 0 Å². The summed E-state index contributed by atoms with van der Waals surface area (Å²) in [5.41, 5.74) is 3.20. The van der Waals surface area contributed by atoms with Crippen molar-refractivity contribution in [2.75, 3.05) is 11.1 Å². The lowest BCUT2D eigenvalue weighted by atomic mass is 10.2. The number of halogens is 1. The van der Waals surface area contributed by atoms with Crippen LogP contribution in [-0.2, 0) is 4.79 Å². The van der Waals surface area contributed by atoms with Gasteiger partial charge in [-0.25, -0.2) is 9.97 Å². The van der Waals surface area contributed by atoms with Crippen molar-refractivity contribution in [2.45, 2.75) is 12.1 Å². The largest absolute Gasteiger partial charge is 0.331 e. The van der Waals surface area contributed by atoms with Crippen molar-refractivity contribution >= 4 is 46.1 Å². The van der Waals surface area contributed by atoms with Crippen LogP contribution in [0.5, 0.6) is 0 Å². The Hall–Kier alpha value is -2.05. The van der Waals surface area contributed by atoms with Crippen LogP contribution < -0.4 is 5.32 Å². The molecule has 1 amide bonds. The molecular weight excluding hydrogens is 320 g/mol. The van der Waals surface area contributed by atoms with E-state index in [2.05, 4.69) is 20.3 Å². The van der Waals surface area contributed by atoms with E-state index in [1.54, 1.807) is 12.3 Å². The van der Waals surface area contributed by atoms with Gasteiger partial charge in [-0.1, -0.05) is 41.6 Å². The second-order valence-corrected chi connectivity index (χ2v) is 6.12. The number of pyridine rings is 1. The van der Waals surface area contributed by atoms with Crippen LogP contribution in [-0.4, -0.2) is 26.6 Å². The number of aryl methyl sites for hydroxylation is 1. The van der Waals surface area contributed by atoms with E-state index in [1.165, 1.54) is 11.8 Å². The maximum Gasteiger partial charge on any atom is 0.234 e. The highest BCUT2D eigenvalue weighted by atomic mass is 35.5. The average molecular weight is 333 g/mol. The zero-order chi connectivity index (χ0) is 15.5. The quantitative estimate of drug-likeness (QED) is 0.715. The van der Waals surface area contributed by atoms with Gasteiger partial charge in [-0.2, -0.15) is 0 Å². The maximum absolute atomic E-state index is 12.0. The minimum atomic E-state index is -0.0780. The number of H-pyrrole nitrogens is 1. The van der Waals surface area contributed by atoms with Crippen molar-refractivity contribution in [3.63, 3.8) is 0 Å². The van der Waals surface area contributed by atoms with Crippen molar-refractivity contribution in [3.05, 3.63) is 47.1 Å². The molecule has 0 aliphatic heterocycles. The number of imidazole rings is 1. The number of anilines is 1. The topological polar surface area (TPSA) is 70.7 Å². The zero-order valence-corrected chi connectivity index (χ0v) is 13.3. The summed E-state index contributed by atoms with van der Waals surface area (Å²) < 4.78 is 0. The first-order valence-electron chi connectivity index (χ1n) is 6.61. The third-order valence-corrected chi connectivity index (χ3v) is 4.12. The van der Waals surface area contributed by atoms with Gasteiger partial charge in [0.05, 0.1) is 16.3 Å². The lowest BCUT2D eigenvalue weighted by molar-refractivity contribution is -0.113. The number of aromatic nitrogens is 3. The van der Waals surface area contributed by atoms with Crippen LogP contribution in [0.1, 0.15) is 5.56 Å². The number of rotatable bonds is 4. The first-order chi connectivity index (χ1) is 10.6. The van der Waals surface area contributed by atoms with E-state index in [4.69, 9.17) is 11.6 Å². The van der Waals surface area contributed by atoms with Crippen LogP contribution in [0.3, 0.4) is 0 Å². The van der Waals surface area contributed by atoms with E-state index in [1.807, 2.05) is 31.2 Å². The number of hydrogen-bond acceptors (Lipinski definition) is 4. The first kappa shape index (κ1) is 14.9. The van der Waals surface area contributed by atoms with Crippen molar-refractivity contribution < 1.29 is 4.79 Å². The van der Waals surface area contributed by atoms with Gasteiger partial charge in [0.2, 0.25) is 5.91 Å². The normalized spacial score (nSPS) is 10.8. The number of hydrogen-bond donors (Lipinski definition) is 2. The zero-order valence-electron chi connectivity index (χ0n) is 11.8. The smallest absolute Gasteiger partial charge is 0.234 e.